The number of benzene rings is 1. The lowest BCUT2D eigenvalue weighted by molar-refractivity contribution is 0.0694. The predicted octanol–water partition coefficient (Wildman–Crippen LogP) is 1.97. The van der Waals surface area contributed by atoms with Gasteiger partial charge in [-0.25, -0.2) is 4.79 Å². The summed E-state index contributed by atoms with van der Waals surface area (Å²) in [5.74, 6) is -0.813. The van der Waals surface area contributed by atoms with Gasteiger partial charge in [0.2, 0.25) is 0 Å². The third-order valence-corrected chi connectivity index (χ3v) is 4.82. The van der Waals surface area contributed by atoms with Gasteiger partial charge in [0.25, 0.3) is 0 Å². The Balaban J connectivity index is 2.02. The van der Waals surface area contributed by atoms with Gasteiger partial charge < -0.3 is 19.5 Å². The first kappa shape index (κ1) is 13.9. The number of phenols is 1. The third kappa shape index (κ3) is 1.87. The van der Waals surface area contributed by atoms with E-state index < -0.39 is 11.4 Å². The lowest BCUT2D eigenvalue weighted by atomic mass is 9.90. The maximum Gasteiger partial charge on any atom is 0.341 e. The van der Waals surface area contributed by atoms with Crippen molar-refractivity contribution in [1.29, 1.82) is 0 Å². The van der Waals surface area contributed by atoms with E-state index in [4.69, 9.17) is 4.74 Å². The first-order valence-electron chi connectivity index (χ1n) is 7.36. The Kier molecular flexibility index (Phi) is 2.64. The van der Waals surface area contributed by atoms with Crippen LogP contribution in [0.25, 0.3) is 11.3 Å². The molecule has 2 N–H and O–H groups in total. The summed E-state index contributed by atoms with van der Waals surface area (Å²) in [6.45, 7) is 0. The summed E-state index contributed by atoms with van der Waals surface area (Å²) in [5.41, 5.74) is 1.52. The summed E-state index contributed by atoms with van der Waals surface area (Å²) in [5, 5.41) is 19.2. The van der Waals surface area contributed by atoms with Crippen LogP contribution in [0.5, 0.6) is 11.5 Å². The number of pyridine rings is 1. The number of fused-ring (bicyclic) bond motifs is 4. The van der Waals surface area contributed by atoms with Crippen molar-refractivity contribution in [1.82, 2.24) is 4.57 Å². The van der Waals surface area contributed by atoms with Crippen molar-refractivity contribution in [3.63, 3.8) is 0 Å². The summed E-state index contributed by atoms with van der Waals surface area (Å²) in [4.78, 5) is 23.4. The number of carboxylic acid groups (broad SMARTS) is 1. The number of phenolic OH excluding ortho intramolecular Hbond substituents is 1. The van der Waals surface area contributed by atoms with Gasteiger partial charge in [-0.05, 0) is 37.0 Å². The Bertz CT molecular complexity index is 908. The Morgan fingerprint density at radius 3 is 2.65 bits per heavy atom. The van der Waals surface area contributed by atoms with Crippen molar-refractivity contribution in [3.8, 4) is 22.8 Å². The second-order valence-corrected chi connectivity index (χ2v) is 6.19. The van der Waals surface area contributed by atoms with Crippen LogP contribution in [-0.4, -0.2) is 27.9 Å². The highest BCUT2D eigenvalue weighted by atomic mass is 16.5. The van der Waals surface area contributed by atoms with Crippen molar-refractivity contribution in [2.24, 2.45) is 0 Å². The third-order valence-electron chi connectivity index (χ3n) is 4.82. The molecule has 4 rings (SSSR count). The van der Waals surface area contributed by atoms with Gasteiger partial charge in [0, 0.05) is 23.4 Å². The fourth-order valence-corrected chi connectivity index (χ4v) is 3.46. The summed E-state index contributed by atoms with van der Waals surface area (Å²) in [7, 11) is 1.47. The van der Waals surface area contributed by atoms with E-state index in [1.54, 1.807) is 12.1 Å². The summed E-state index contributed by atoms with van der Waals surface area (Å²) in [6, 6.07) is 4.75. The Labute approximate surface area is 131 Å². The lowest BCUT2D eigenvalue weighted by Gasteiger charge is -2.31. The average Bonchev–Trinajstić information content (AvgIpc) is 3.26. The van der Waals surface area contributed by atoms with Crippen molar-refractivity contribution in [2.75, 3.05) is 7.11 Å². The van der Waals surface area contributed by atoms with Gasteiger partial charge in [0.1, 0.15) is 5.56 Å². The van der Waals surface area contributed by atoms with Crippen LogP contribution in [0.2, 0.25) is 0 Å². The zero-order chi connectivity index (χ0) is 16.4. The van der Waals surface area contributed by atoms with Gasteiger partial charge in [-0.1, -0.05) is 0 Å². The van der Waals surface area contributed by atoms with Crippen LogP contribution >= 0.6 is 0 Å². The number of ether oxygens (including phenoxy) is 1. The smallest absolute Gasteiger partial charge is 0.341 e. The van der Waals surface area contributed by atoms with Gasteiger partial charge in [0.15, 0.2) is 16.9 Å². The Morgan fingerprint density at radius 1 is 1.30 bits per heavy atom. The quantitative estimate of drug-likeness (QED) is 0.885. The van der Waals surface area contributed by atoms with Gasteiger partial charge in [-0.2, -0.15) is 0 Å². The molecule has 2 aliphatic rings. The van der Waals surface area contributed by atoms with E-state index in [0.29, 0.717) is 17.9 Å². The van der Waals surface area contributed by atoms with Crippen LogP contribution < -0.4 is 10.2 Å². The topological polar surface area (TPSA) is 88.8 Å². The van der Waals surface area contributed by atoms with Gasteiger partial charge in [-0.3, -0.25) is 4.79 Å². The van der Waals surface area contributed by atoms with Crippen LogP contribution in [0.1, 0.15) is 28.8 Å². The van der Waals surface area contributed by atoms with Crippen LogP contribution in [0.15, 0.2) is 29.2 Å². The van der Waals surface area contributed by atoms with Crippen LogP contribution in [0.3, 0.4) is 0 Å². The average molecular weight is 313 g/mol. The minimum absolute atomic E-state index is 0.0694. The fraction of sp³-hybridized carbons (Fsp3) is 0.294. The number of carboxylic acids is 1. The van der Waals surface area contributed by atoms with Gasteiger partial charge in [-0.15, -0.1) is 0 Å². The number of carbonyl (C=O) groups is 1. The van der Waals surface area contributed by atoms with Gasteiger partial charge >= 0.3 is 5.97 Å². The van der Waals surface area contributed by atoms with Crippen LogP contribution in [0, 0.1) is 0 Å². The number of hydrogen-bond donors (Lipinski definition) is 2. The molecule has 1 spiro atoms. The zero-order valence-electron chi connectivity index (χ0n) is 12.5. The second kappa shape index (κ2) is 4.38. The molecule has 6 nitrogen and oxygen atoms in total. The molecule has 6 heteroatoms. The number of hydrogen-bond acceptors (Lipinski definition) is 4. The molecule has 0 radical (unpaired) electrons. The molecule has 1 aromatic carbocycles. The maximum atomic E-state index is 12.1. The van der Waals surface area contributed by atoms with E-state index in [9.17, 15) is 19.8 Å². The van der Waals surface area contributed by atoms with E-state index in [1.807, 2.05) is 4.57 Å². The molecule has 1 fully saturated rings. The SMILES string of the molecule is COc1cc2c(cc1O)CC1(CC1)n1cc(C(=O)O)c(=O)cc1-2. The monoisotopic (exact) mass is 313 g/mol. The van der Waals surface area contributed by atoms with Crippen molar-refractivity contribution >= 4 is 5.97 Å². The molecule has 2 aromatic rings. The fourth-order valence-electron chi connectivity index (χ4n) is 3.46. The van der Waals surface area contributed by atoms with E-state index in [-0.39, 0.29) is 16.9 Å². The molecule has 1 saturated carbocycles. The maximum absolute atomic E-state index is 12.1. The number of rotatable bonds is 2. The van der Waals surface area contributed by atoms with Crippen molar-refractivity contribution < 1.29 is 19.7 Å². The molecule has 0 amide bonds. The minimum Gasteiger partial charge on any atom is -0.504 e. The molecule has 1 aromatic heterocycles. The number of aromatic hydroxyl groups is 1. The summed E-state index contributed by atoms with van der Waals surface area (Å²) < 4.78 is 7.07. The number of methoxy groups -OCH3 is 1. The molecular formula is C17H15NO5. The molecule has 2 heterocycles. The summed E-state index contributed by atoms with van der Waals surface area (Å²) in [6.07, 6.45) is 4.01. The van der Waals surface area contributed by atoms with E-state index in [1.165, 1.54) is 19.4 Å². The highest BCUT2D eigenvalue weighted by Crippen LogP contribution is 2.53. The second-order valence-electron chi connectivity index (χ2n) is 6.19. The number of aromatic nitrogens is 1. The molecule has 0 atom stereocenters. The van der Waals surface area contributed by atoms with E-state index >= 15 is 0 Å². The summed E-state index contributed by atoms with van der Waals surface area (Å²) >= 11 is 0. The van der Waals surface area contributed by atoms with Crippen LogP contribution in [0.4, 0.5) is 0 Å². The molecule has 118 valence electrons. The molecule has 0 bridgehead atoms. The number of nitrogens with zero attached hydrogens (tertiary/aromatic N) is 1. The zero-order valence-corrected chi connectivity index (χ0v) is 12.5. The van der Waals surface area contributed by atoms with Crippen molar-refractivity contribution in [3.05, 3.63) is 45.7 Å². The molecule has 1 aliphatic carbocycles. The minimum atomic E-state index is -1.21. The predicted molar refractivity (Wildman–Crippen MR) is 82.2 cm³/mol. The van der Waals surface area contributed by atoms with Crippen molar-refractivity contribution in [2.45, 2.75) is 24.8 Å². The highest BCUT2D eigenvalue weighted by Gasteiger charge is 2.48. The van der Waals surface area contributed by atoms with E-state index in [0.717, 1.165) is 24.0 Å². The van der Waals surface area contributed by atoms with Gasteiger partial charge in [0.05, 0.1) is 12.8 Å². The lowest BCUT2D eigenvalue weighted by Crippen LogP contribution is -2.30. The number of aromatic carboxylic acids is 1. The first-order valence-corrected chi connectivity index (χ1v) is 7.36. The molecule has 23 heavy (non-hydrogen) atoms. The van der Waals surface area contributed by atoms with E-state index in [2.05, 4.69) is 0 Å². The molecule has 1 aliphatic heterocycles. The molecular weight excluding hydrogens is 298 g/mol. The standard InChI is InChI=1S/C17H15NO5/c1-23-15-5-10-9(4-14(15)20)7-17(2-3-17)18-8-11(16(21)22)13(19)6-12(10)18/h4-6,8,20H,2-3,7H2,1H3,(H,21,22). The highest BCUT2D eigenvalue weighted by molar-refractivity contribution is 5.88. The molecule has 0 saturated heterocycles. The first-order chi connectivity index (χ1) is 10.9. The van der Waals surface area contributed by atoms with Crippen LogP contribution in [-0.2, 0) is 12.0 Å². The molecule has 0 unspecified atom stereocenters. The normalized spacial score (nSPS) is 16.6. The Morgan fingerprint density at radius 2 is 2.04 bits per heavy atom. The Hall–Kier alpha value is -2.76. The largest absolute Gasteiger partial charge is 0.504 e.